The molecular weight excluding hydrogens is 206 g/mol. The maximum Gasteiger partial charge on any atom is 0.317 e. The van der Waals surface area contributed by atoms with Gasteiger partial charge >= 0.3 is 5.97 Å². The van der Waals surface area contributed by atoms with Gasteiger partial charge in [-0.3, -0.25) is 9.69 Å². The van der Waals surface area contributed by atoms with Crippen LogP contribution in [0.5, 0.6) is 0 Å². The Hall–Kier alpha value is -0.610. The predicted octanol–water partition coefficient (Wildman–Crippen LogP) is 1.45. The summed E-state index contributed by atoms with van der Waals surface area (Å²) in [5.41, 5.74) is 0. The molecule has 1 atom stereocenters. The van der Waals surface area contributed by atoms with Gasteiger partial charge in [0, 0.05) is 19.7 Å². The minimum absolute atomic E-state index is 0.128. The number of hydrogen-bond acceptors (Lipinski definition) is 3. The molecule has 1 saturated carbocycles. The van der Waals surface area contributed by atoms with E-state index in [9.17, 15) is 4.79 Å². The average molecular weight is 229 g/mol. The number of carboxylic acid groups (broad SMARTS) is 1. The summed E-state index contributed by atoms with van der Waals surface area (Å²) in [6.45, 7) is 5.83. The van der Waals surface area contributed by atoms with Crippen molar-refractivity contribution in [3.63, 3.8) is 0 Å². The lowest BCUT2D eigenvalue weighted by molar-refractivity contribution is -0.139. The van der Waals surface area contributed by atoms with Gasteiger partial charge in [0.05, 0.1) is 13.2 Å². The lowest BCUT2D eigenvalue weighted by atomic mass is 10.1. The molecule has 1 rings (SSSR count). The van der Waals surface area contributed by atoms with Crippen molar-refractivity contribution in [3.05, 3.63) is 0 Å². The monoisotopic (exact) mass is 229 g/mol. The highest BCUT2D eigenvalue weighted by atomic mass is 16.5. The first-order valence-electron chi connectivity index (χ1n) is 5.99. The lowest BCUT2D eigenvalue weighted by Gasteiger charge is -2.31. The van der Waals surface area contributed by atoms with E-state index in [1.807, 2.05) is 0 Å². The molecule has 1 fully saturated rings. The van der Waals surface area contributed by atoms with Gasteiger partial charge in [-0.1, -0.05) is 13.8 Å². The smallest absolute Gasteiger partial charge is 0.317 e. The Labute approximate surface area is 97.6 Å². The Balaban J connectivity index is 2.58. The second-order valence-electron chi connectivity index (χ2n) is 5.08. The highest BCUT2D eigenvalue weighted by Crippen LogP contribution is 2.35. The molecule has 0 aromatic carbocycles. The summed E-state index contributed by atoms with van der Waals surface area (Å²) in [5.74, 6) is 0.373. The van der Waals surface area contributed by atoms with Crippen LogP contribution in [0.4, 0.5) is 0 Å². The van der Waals surface area contributed by atoms with Gasteiger partial charge in [-0.15, -0.1) is 0 Å². The normalized spacial score (nSPS) is 18.1. The maximum absolute atomic E-state index is 10.9. The van der Waals surface area contributed by atoms with Crippen molar-refractivity contribution in [2.75, 3.05) is 26.8 Å². The molecule has 0 bridgehead atoms. The van der Waals surface area contributed by atoms with E-state index in [1.54, 1.807) is 7.11 Å². The van der Waals surface area contributed by atoms with E-state index < -0.39 is 5.97 Å². The molecule has 4 heteroatoms. The number of hydrogen-bond donors (Lipinski definition) is 1. The fourth-order valence-corrected chi connectivity index (χ4v) is 2.15. The summed E-state index contributed by atoms with van der Waals surface area (Å²) < 4.78 is 5.21. The molecule has 1 unspecified atom stereocenters. The van der Waals surface area contributed by atoms with E-state index in [1.165, 1.54) is 12.8 Å². The van der Waals surface area contributed by atoms with E-state index >= 15 is 0 Å². The lowest BCUT2D eigenvalue weighted by Crippen LogP contribution is -2.45. The molecule has 0 aromatic rings. The molecule has 4 nitrogen and oxygen atoms in total. The quantitative estimate of drug-likeness (QED) is 0.684. The number of methoxy groups -OCH3 is 1. The molecule has 0 aromatic heterocycles. The zero-order valence-corrected chi connectivity index (χ0v) is 10.5. The van der Waals surface area contributed by atoms with Crippen LogP contribution >= 0.6 is 0 Å². The number of ether oxygens (including phenoxy) is 1. The fourth-order valence-electron chi connectivity index (χ4n) is 2.15. The molecule has 0 heterocycles. The van der Waals surface area contributed by atoms with Crippen LogP contribution < -0.4 is 0 Å². The number of carboxylic acids is 1. The zero-order chi connectivity index (χ0) is 12.1. The summed E-state index contributed by atoms with van der Waals surface area (Å²) in [5, 5.41) is 8.93. The molecule has 94 valence electrons. The van der Waals surface area contributed by atoms with Crippen molar-refractivity contribution < 1.29 is 14.6 Å². The maximum atomic E-state index is 10.9. The van der Waals surface area contributed by atoms with Gasteiger partial charge in [-0.2, -0.15) is 0 Å². The van der Waals surface area contributed by atoms with Crippen molar-refractivity contribution in [2.45, 2.75) is 32.7 Å². The first-order valence-corrected chi connectivity index (χ1v) is 5.99. The molecule has 1 aliphatic carbocycles. The Morgan fingerprint density at radius 2 is 2.12 bits per heavy atom. The molecule has 0 amide bonds. The number of aliphatic carboxylic acids is 1. The molecule has 0 spiro atoms. The number of rotatable bonds is 8. The SMILES string of the molecule is COCC(C1CC1)N(CC(=O)O)CC(C)C. The minimum atomic E-state index is -0.748. The molecule has 0 radical (unpaired) electrons. The largest absolute Gasteiger partial charge is 0.480 e. The minimum Gasteiger partial charge on any atom is -0.480 e. The summed E-state index contributed by atoms with van der Waals surface area (Å²) in [7, 11) is 1.68. The van der Waals surface area contributed by atoms with E-state index in [2.05, 4.69) is 18.7 Å². The first-order chi connectivity index (χ1) is 7.54. The van der Waals surface area contributed by atoms with Crippen LogP contribution in [0.3, 0.4) is 0 Å². The number of nitrogens with zero attached hydrogens (tertiary/aromatic N) is 1. The van der Waals surface area contributed by atoms with E-state index in [-0.39, 0.29) is 12.6 Å². The van der Waals surface area contributed by atoms with Crippen molar-refractivity contribution >= 4 is 5.97 Å². The van der Waals surface area contributed by atoms with Crippen molar-refractivity contribution in [1.82, 2.24) is 4.90 Å². The molecular formula is C12H23NO3. The zero-order valence-electron chi connectivity index (χ0n) is 10.5. The van der Waals surface area contributed by atoms with Gasteiger partial charge in [0.25, 0.3) is 0 Å². The van der Waals surface area contributed by atoms with Gasteiger partial charge in [0.1, 0.15) is 0 Å². The Morgan fingerprint density at radius 3 is 2.50 bits per heavy atom. The molecule has 1 aliphatic rings. The summed E-state index contributed by atoms with van der Waals surface area (Å²) in [4.78, 5) is 12.9. The Bertz CT molecular complexity index is 226. The topological polar surface area (TPSA) is 49.8 Å². The van der Waals surface area contributed by atoms with E-state index in [0.717, 1.165) is 6.54 Å². The first kappa shape index (κ1) is 13.5. The average Bonchev–Trinajstić information content (AvgIpc) is 2.94. The fraction of sp³-hybridized carbons (Fsp3) is 0.917. The van der Waals surface area contributed by atoms with Gasteiger partial charge < -0.3 is 9.84 Å². The van der Waals surface area contributed by atoms with Crippen LogP contribution in [0.2, 0.25) is 0 Å². The third-order valence-corrected chi connectivity index (χ3v) is 2.91. The van der Waals surface area contributed by atoms with Crippen molar-refractivity contribution in [1.29, 1.82) is 0 Å². The van der Waals surface area contributed by atoms with Crippen LogP contribution in [0.25, 0.3) is 0 Å². The molecule has 1 N–H and O–H groups in total. The Morgan fingerprint density at radius 1 is 1.50 bits per heavy atom. The summed E-state index contributed by atoms with van der Waals surface area (Å²) >= 11 is 0. The van der Waals surface area contributed by atoms with E-state index in [0.29, 0.717) is 18.4 Å². The number of carbonyl (C=O) groups is 1. The Kier molecular flexibility index (Phi) is 5.22. The highest BCUT2D eigenvalue weighted by molar-refractivity contribution is 5.69. The second-order valence-corrected chi connectivity index (χ2v) is 5.08. The van der Waals surface area contributed by atoms with Gasteiger partial charge in [-0.25, -0.2) is 0 Å². The van der Waals surface area contributed by atoms with Crippen LogP contribution in [0.1, 0.15) is 26.7 Å². The molecule has 0 saturated heterocycles. The van der Waals surface area contributed by atoms with Crippen LogP contribution in [-0.4, -0.2) is 48.8 Å². The summed E-state index contributed by atoms with van der Waals surface area (Å²) in [6, 6.07) is 0.281. The summed E-state index contributed by atoms with van der Waals surface area (Å²) in [6.07, 6.45) is 2.42. The van der Waals surface area contributed by atoms with Gasteiger partial charge in [0.2, 0.25) is 0 Å². The molecule has 16 heavy (non-hydrogen) atoms. The third kappa shape index (κ3) is 4.49. The highest BCUT2D eigenvalue weighted by Gasteiger charge is 2.36. The third-order valence-electron chi connectivity index (χ3n) is 2.91. The molecule has 0 aliphatic heterocycles. The second kappa shape index (κ2) is 6.21. The van der Waals surface area contributed by atoms with Gasteiger partial charge in [-0.05, 0) is 24.7 Å². The van der Waals surface area contributed by atoms with Crippen LogP contribution in [0, 0.1) is 11.8 Å². The van der Waals surface area contributed by atoms with Gasteiger partial charge in [0.15, 0.2) is 0 Å². The standard InChI is InChI=1S/C12H23NO3/c1-9(2)6-13(7-12(14)15)11(8-16-3)10-4-5-10/h9-11H,4-8H2,1-3H3,(H,14,15). The van der Waals surface area contributed by atoms with E-state index in [4.69, 9.17) is 9.84 Å². The van der Waals surface area contributed by atoms with Crippen molar-refractivity contribution in [3.8, 4) is 0 Å². The van der Waals surface area contributed by atoms with Crippen LogP contribution in [0.15, 0.2) is 0 Å². The predicted molar refractivity (Wildman–Crippen MR) is 62.4 cm³/mol. The van der Waals surface area contributed by atoms with Crippen molar-refractivity contribution in [2.24, 2.45) is 11.8 Å². The van der Waals surface area contributed by atoms with Crippen LogP contribution in [-0.2, 0) is 9.53 Å².